The Morgan fingerprint density at radius 2 is 1.84 bits per heavy atom. The van der Waals surface area contributed by atoms with Gasteiger partial charge in [0.15, 0.2) is 5.76 Å². The van der Waals surface area contributed by atoms with E-state index in [4.69, 9.17) is 14.5 Å². The monoisotopic (exact) mass is 445 g/mol. The fourth-order valence-electron chi connectivity index (χ4n) is 5.02. The highest BCUT2D eigenvalue weighted by Gasteiger charge is 2.36. The molecule has 31 heavy (non-hydrogen) atoms. The number of nitrogens with zero attached hydrogens (tertiary/aromatic N) is 5. The summed E-state index contributed by atoms with van der Waals surface area (Å²) in [6.07, 6.45) is 6.50. The van der Waals surface area contributed by atoms with E-state index in [2.05, 4.69) is 17.0 Å². The van der Waals surface area contributed by atoms with Crippen molar-refractivity contribution in [2.45, 2.75) is 70.1 Å². The highest BCUT2D eigenvalue weighted by Crippen LogP contribution is 2.36. The van der Waals surface area contributed by atoms with Crippen molar-refractivity contribution in [3.63, 3.8) is 0 Å². The summed E-state index contributed by atoms with van der Waals surface area (Å²) < 4.78 is 33.3. The predicted octanol–water partition coefficient (Wildman–Crippen LogP) is 3.12. The Labute approximate surface area is 184 Å². The molecule has 4 heterocycles. The summed E-state index contributed by atoms with van der Waals surface area (Å²) >= 11 is 0. The van der Waals surface area contributed by atoms with E-state index in [0.717, 1.165) is 62.0 Å². The second-order valence-electron chi connectivity index (χ2n) is 9.32. The summed E-state index contributed by atoms with van der Waals surface area (Å²) in [5, 5.41) is 3.84. The first-order valence-corrected chi connectivity index (χ1v) is 12.8. The summed E-state index contributed by atoms with van der Waals surface area (Å²) in [5.74, 6) is 3.02. The van der Waals surface area contributed by atoms with Crippen molar-refractivity contribution in [3.8, 4) is 0 Å². The molecule has 9 heteroatoms. The van der Waals surface area contributed by atoms with Crippen molar-refractivity contribution in [1.29, 1.82) is 0 Å². The van der Waals surface area contributed by atoms with Gasteiger partial charge in [-0.3, -0.25) is 0 Å². The highest BCUT2D eigenvalue weighted by molar-refractivity contribution is 7.89. The number of aryl methyl sites for hydroxylation is 3. The maximum atomic E-state index is 13.3. The molecule has 5 rings (SSSR count). The Morgan fingerprint density at radius 3 is 2.55 bits per heavy atom. The second kappa shape index (κ2) is 7.85. The molecular weight excluding hydrogens is 414 g/mol. The summed E-state index contributed by atoms with van der Waals surface area (Å²) in [5.41, 5.74) is 2.73. The molecule has 2 aromatic heterocycles. The molecule has 2 fully saturated rings. The van der Waals surface area contributed by atoms with Crippen LogP contribution in [0, 0.1) is 26.7 Å². The Balaban J connectivity index is 1.43. The average molecular weight is 446 g/mol. The third-order valence-corrected chi connectivity index (χ3v) is 8.96. The Morgan fingerprint density at radius 1 is 1.03 bits per heavy atom. The number of fused-ring (bicyclic) bond motifs is 1. The third kappa shape index (κ3) is 3.86. The maximum Gasteiger partial charge on any atom is 0.248 e. The summed E-state index contributed by atoms with van der Waals surface area (Å²) in [7, 11) is -3.66. The first-order valence-electron chi connectivity index (χ1n) is 11.4. The van der Waals surface area contributed by atoms with E-state index in [-0.39, 0.29) is 10.8 Å². The van der Waals surface area contributed by atoms with E-state index in [1.165, 1.54) is 18.4 Å². The van der Waals surface area contributed by atoms with Gasteiger partial charge in [0.05, 0.1) is 0 Å². The number of hydrogen-bond donors (Lipinski definition) is 0. The smallest absolute Gasteiger partial charge is 0.248 e. The normalized spacial score (nSPS) is 22.5. The standard InChI is InChI=1S/C22H31N5O3S/c1-14-19-7-5-10-26(12-17-8-9-17)22(19)24-21(23-14)18-6-4-11-27(13-18)31(28,29)20-15(2)25-30-16(20)3/h17-18H,4-13H2,1-3H3. The Bertz CT molecular complexity index is 1070. The van der Waals surface area contributed by atoms with E-state index in [9.17, 15) is 8.42 Å². The fraction of sp³-hybridized carbons (Fsp3) is 0.682. The first-order chi connectivity index (χ1) is 14.8. The van der Waals surface area contributed by atoms with Gasteiger partial charge >= 0.3 is 0 Å². The molecular formula is C22H31N5O3S. The number of anilines is 1. The zero-order valence-corrected chi connectivity index (χ0v) is 19.4. The third-order valence-electron chi connectivity index (χ3n) is 6.85. The number of piperidine rings is 1. The van der Waals surface area contributed by atoms with E-state index >= 15 is 0 Å². The molecule has 1 saturated heterocycles. The molecule has 8 nitrogen and oxygen atoms in total. The lowest BCUT2D eigenvalue weighted by Gasteiger charge is -2.34. The molecule has 0 amide bonds. The lowest BCUT2D eigenvalue weighted by Crippen LogP contribution is -2.40. The number of sulfonamides is 1. The van der Waals surface area contributed by atoms with Crippen LogP contribution in [-0.4, -0.2) is 54.0 Å². The van der Waals surface area contributed by atoms with Crippen LogP contribution >= 0.6 is 0 Å². The molecule has 2 aromatic rings. The molecule has 0 bridgehead atoms. The summed E-state index contributed by atoms with van der Waals surface area (Å²) in [6, 6.07) is 0. The van der Waals surface area contributed by atoms with Crippen LogP contribution in [0.1, 0.15) is 66.6 Å². The highest BCUT2D eigenvalue weighted by atomic mass is 32.2. The summed E-state index contributed by atoms with van der Waals surface area (Å²) in [4.78, 5) is 12.5. The lowest BCUT2D eigenvalue weighted by molar-refractivity contribution is 0.308. The molecule has 0 N–H and O–H groups in total. The van der Waals surface area contributed by atoms with Gasteiger partial charge < -0.3 is 9.42 Å². The van der Waals surface area contributed by atoms with E-state index in [1.54, 1.807) is 18.2 Å². The van der Waals surface area contributed by atoms with Gasteiger partial charge in [-0.1, -0.05) is 5.16 Å². The van der Waals surface area contributed by atoms with Gasteiger partial charge in [-0.2, -0.15) is 4.31 Å². The van der Waals surface area contributed by atoms with Crippen LogP contribution in [0.15, 0.2) is 9.42 Å². The molecule has 1 atom stereocenters. The Kier molecular flexibility index (Phi) is 5.29. The minimum Gasteiger partial charge on any atom is -0.360 e. The van der Waals surface area contributed by atoms with Crippen molar-refractivity contribution < 1.29 is 12.9 Å². The summed E-state index contributed by atoms with van der Waals surface area (Å²) in [6.45, 7) is 8.43. The molecule has 168 valence electrons. The largest absolute Gasteiger partial charge is 0.360 e. The minimum absolute atomic E-state index is 0.00213. The molecule has 1 saturated carbocycles. The van der Waals surface area contributed by atoms with Crippen molar-refractivity contribution in [2.75, 3.05) is 31.1 Å². The minimum atomic E-state index is -3.66. The zero-order valence-electron chi connectivity index (χ0n) is 18.6. The van der Waals surface area contributed by atoms with Crippen LogP contribution in [0.5, 0.6) is 0 Å². The van der Waals surface area contributed by atoms with Crippen LogP contribution in [0.2, 0.25) is 0 Å². The SMILES string of the molecule is Cc1nc(C2CCCN(S(=O)(=O)c3c(C)noc3C)C2)nc2c1CCCN2CC1CC1. The van der Waals surface area contributed by atoms with E-state index in [1.807, 2.05) is 0 Å². The molecule has 0 radical (unpaired) electrons. The lowest BCUT2D eigenvalue weighted by atomic mass is 9.97. The van der Waals surface area contributed by atoms with E-state index in [0.29, 0.717) is 24.5 Å². The van der Waals surface area contributed by atoms with Crippen molar-refractivity contribution in [3.05, 3.63) is 28.5 Å². The average Bonchev–Trinajstić information content (AvgIpc) is 3.50. The molecule has 3 aliphatic rings. The van der Waals surface area contributed by atoms with Gasteiger partial charge in [-0.15, -0.1) is 0 Å². The van der Waals surface area contributed by atoms with Crippen LogP contribution in [-0.2, 0) is 16.4 Å². The zero-order chi connectivity index (χ0) is 21.8. The molecule has 0 aromatic carbocycles. The molecule has 2 aliphatic heterocycles. The quantitative estimate of drug-likeness (QED) is 0.698. The van der Waals surface area contributed by atoms with Gasteiger partial charge in [0, 0.05) is 43.4 Å². The topological polar surface area (TPSA) is 92.4 Å². The molecule has 1 aliphatic carbocycles. The number of aromatic nitrogens is 3. The van der Waals surface area contributed by atoms with Crippen LogP contribution in [0.4, 0.5) is 5.82 Å². The van der Waals surface area contributed by atoms with Crippen LogP contribution in [0.25, 0.3) is 0 Å². The van der Waals surface area contributed by atoms with E-state index < -0.39 is 10.0 Å². The van der Waals surface area contributed by atoms with Crippen molar-refractivity contribution in [2.24, 2.45) is 5.92 Å². The number of rotatable bonds is 5. The maximum absolute atomic E-state index is 13.3. The first kappa shape index (κ1) is 20.9. The molecule has 1 unspecified atom stereocenters. The number of hydrogen-bond acceptors (Lipinski definition) is 7. The van der Waals surface area contributed by atoms with Gasteiger partial charge in [0.1, 0.15) is 22.2 Å². The van der Waals surface area contributed by atoms with Crippen LogP contribution in [0.3, 0.4) is 0 Å². The Hall–Kier alpha value is -2.00. The predicted molar refractivity (Wildman–Crippen MR) is 117 cm³/mol. The van der Waals surface area contributed by atoms with Crippen molar-refractivity contribution >= 4 is 15.8 Å². The molecule has 0 spiro atoms. The van der Waals surface area contributed by atoms with Crippen LogP contribution < -0.4 is 4.90 Å². The van der Waals surface area contributed by atoms with Gasteiger partial charge in [-0.05, 0) is 65.2 Å². The van der Waals surface area contributed by atoms with Gasteiger partial charge in [-0.25, -0.2) is 18.4 Å². The second-order valence-corrected chi connectivity index (χ2v) is 11.2. The van der Waals surface area contributed by atoms with Gasteiger partial charge in [0.25, 0.3) is 0 Å². The van der Waals surface area contributed by atoms with Crippen molar-refractivity contribution in [1.82, 2.24) is 19.4 Å². The fourth-order valence-corrected chi connectivity index (χ4v) is 6.84. The van der Waals surface area contributed by atoms with Gasteiger partial charge in [0.2, 0.25) is 10.0 Å².